The zero-order valence-corrected chi connectivity index (χ0v) is 27.9. The van der Waals surface area contributed by atoms with Gasteiger partial charge in [-0.05, 0) is 29.9 Å². The Morgan fingerprint density at radius 2 is 1.44 bits per heavy atom. The molecule has 0 saturated heterocycles. The van der Waals surface area contributed by atoms with Crippen LogP contribution < -0.4 is 48.1 Å². The zero-order chi connectivity index (χ0) is 28.1. The summed E-state index contributed by atoms with van der Waals surface area (Å²) in [4.78, 5) is 0. The Bertz CT molecular complexity index is 1870. The molecule has 1 unspecified atom stereocenters. The second-order valence-corrected chi connectivity index (χ2v) is 17.1. The molecule has 0 N–H and O–H groups in total. The smallest absolute Gasteiger partial charge is 0.147 e. The van der Waals surface area contributed by atoms with E-state index < -0.39 is 8.07 Å². The summed E-state index contributed by atoms with van der Waals surface area (Å²) in [6, 6.07) is 39.3. The molecule has 0 saturated carbocycles. The Morgan fingerprint density at radius 1 is 0.721 bits per heavy atom. The number of hydrogen-bond donors (Lipinski definition) is 0. The fourth-order valence-electron chi connectivity index (χ4n) is 7.66. The van der Waals surface area contributed by atoms with Gasteiger partial charge < -0.3 is 0 Å². The molecule has 0 fully saturated rings. The first-order chi connectivity index (χ1) is 20.0. The topological polar surface area (TPSA) is 0 Å². The van der Waals surface area contributed by atoms with Crippen molar-refractivity contribution in [2.75, 3.05) is 0 Å². The third kappa shape index (κ3) is 5.50. The molecule has 3 heteroatoms. The van der Waals surface area contributed by atoms with E-state index in [9.17, 15) is 0 Å². The van der Waals surface area contributed by atoms with Gasteiger partial charge in [-0.2, -0.15) is 0 Å². The molecule has 6 aromatic carbocycles. The van der Waals surface area contributed by atoms with Gasteiger partial charge in [0.15, 0.2) is 0 Å². The van der Waals surface area contributed by atoms with Crippen LogP contribution in [-0.2, 0) is 12.8 Å². The minimum absolute atomic E-state index is 0. The third-order valence-corrected chi connectivity index (χ3v) is 13.4. The van der Waals surface area contributed by atoms with E-state index in [-0.39, 0.29) is 37.7 Å². The molecule has 1 aliphatic carbocycles. The van der Waals surface area contributed by atoms with Crippen LogP contribution in [0.5, 0.6) is 0 Å². The van der Waals surface area contributed by atoms with Crippen molar-refractivity contribution in [3.8, 4) is 22.3 Å². The second-order valence-electron chi connectivity index (χ2n) is 12.8. The molecular weight excluding hydrogens is 522 g/mol. The molecule has 0 amide bonds. The molecule has 0 aliphatic heterocycles. The molecule has 1 atom stereocenters. The Balaban J connectivity index is 0.00000184. The van der Waals surface area contributed by atoms with Crippen LogP contribution in [-0.4, -0.2) is 8.07 Å². The van der Waals surface area contributed by atoms with Gasteiger partial charge >= 0.3 is 37.7 Å². The number of hydrogen-bond acceptors (Lipinski definition) is 0. The molecule has 0 heterocycles. The van der Waals surface area contributed by atoms with Crippen LogP contribution in [0.25, 0.3) is 43.8 Å². The van der Waals surface area contributed by atoms with Crippen LogP contribution >= 0.6 is 0 Å². The van der Waals surface area contributed by atoms with Crippen LogP contribution in [0.2, 0.25) is 13.1 Å². The van der Waals surface area contributed by atoms with Crippen LogP contribution in [0.1, 0.15) is 55.7 Å². The van der Waals surface area contributed by atoms with Gasteiger partial charge in [-0.3, -0.25) is 0 Å². The van der Waals surface area contributed by atoms with E-state index in [0.717, 1.165) is 0 Å². The van der Waals surface area contributed by atoms with Crippen molar-refractivity contribution in [2.45, 2.75) is 65.0 Å². The van der Waals surface area contributed by atoms with Gasteiger partial charge in [0, 0.05) is 8.07 Å². The van der Waals surface area contributed by atoms with Crippen molar-refractivity contribution in [3.05, 3.63) is 120 Å². The minimum atomic E-state index is -2.01. The summed E-state index contributed by atoms with van der Waals surface area (Å²) in [5, 5.41) is 9.08. The maximum absolute atomic E-state index is 2.64. The van der Waals surface area contributed by atoms with Crippen molar-refractivity contribution < 1.29 is 37.7 Å². The van der Waals surface area contributed by atoms with Crippen molar-refractivity contribution in [3.63, 3.8) is 0 Å². The molecular formula is C40H40Li2Si. The number of benzene rings is 4. The van der Waals surface area contributed by atoms with Gasteiger partial charge in [0.1, 0.15) is 0 Å². The van der Waals surface area contributed by atoms with Gasteiger partial charge in [0.05, 0.1) is 0 Å². The van der Waals surface area contributed by atoms with E-state index in [1.165, 1.54) is 70.5 Å². The fourth-order valence-corrected chi connectivity index (χ4v) is 10.7. The summed E-state index contributed by atoms with van der Waals surface area (Å²) in [5.41, 5.74) is 9.98. The molecule has 0 spiro atoms. The maximum Gasteiger partial charge on any atom is 1.00 e. The molecule has 7 rings (SSSR count). The first-order valence-corrected chi connectivity index (χ1v) is 18.6. The van der Waals surface area contributed by atoms with Gasteiger partial charge in [0.25, 0.3) is 0 Å². The molecule has 206 valence electrons. The van der Waals surface area contributed by atoms with Crippen molar-refractivity contribution >= 4 is 40.0 Å². The molecule has 6 aromatic rings. The summed E-state index contributed by atoms with van der Waals surface area (Å²) in [6.45, 7) is 9.94. The van der Waals surface area contributed by atoms with Gasteiger partial charge in [-0.25, -0.2) is 0 Å². The van der Waals surface area contributed by atoms with Crippen molar-refractivity contribution in [1.82, 2.24) is 0 Å². The normalized spacial score (nSPS) is 13.5. The summed E-state index contributed by atoms with van der Waals surface area (Å²) in [5.74, 6) is 0.595. The van der Waals surface area contributed by atoms with Crippen molar-refractivity contribution in [1.29, 1.82) is 0 Å². The maximum atomic E-state index is 2.64. The summed E-state index contributed by atoms with van der Waals surface area (Å²) < 4.78 is 0. The predicted molar refractivity (Wildman–Crippen MR) is 182 cm³/mol. The first kappa shape index (κ1) is 31.9. The van der Waals surface area contributed by atoms with E-state index in [0.29, 0.717) is 5.92 Å². The van der Waals surface area contributed by atoms with E-state index in [2.05, 4.69) is 130 Å². The van der Waals surface area contributed by atoms with E-state index in [1.807, 2.05) is 0 Å². The second kappa shape index (κ2) is 12.9. The number of rotatable bonds is 7. The minimum Gasteiger partial charge on any atom is -0.147 e. The average molecular weight is 563 g/mol. The standard InChI is InChI=1S/C40H40Si.2Li/c1-5-13-27(2)36-26-40(38-25-30-17-11-16-29(30)24-37(36)38)41(3,4)39-23-22-34-33(20-12-21-35(34)39)32-19-10-9-18-31(32)28-14-7-6-8-15-28;;/h6-10,12,14-15,18-27H,5,11,13,16-17H2,1-4H3;;/q-2;2*+1. The Labute approximate surface area is 283 Å². The van der Waals surface area contributed by atoms with E-state index in [4.69, 9.17) is 0 Å². The zero-order valence-electron chi connectivity index (χ0n) is 26.9. The van der Waals surface area contributed by atoms with Gasteiger partial charge in [-0.1, -0.05) is 123 Å². The molecule has 43 heavy (non-hydrogen) atoms. The quantitative estimate of drug-likeness (QED) is 0.204. The summed E-state index contributed by atoms with van der Waals surface area (Å²) in [6.07, 6.45) is 6.27. The van der Waals surface area contributed by atoms with Crippen LogP contribution in [0.4, 0.5) is 0 Å². The Morgan fingerprint density at radius 3 is 2.21 bits per heavy atom. The number of fused-ring (bicyclic) bond motifs is 3. The SMILES string of the molecule is CCCC(C)c1cc([Si](C)(C)c2cc[c-]3c(-c4ccccc4-c4ccccc4)cccc23)c2cc3c(c[c-]12)CCC3.[Li+].[Li+]. The summed E-state index contributed by atoms with van der Waals surface area (Å²) >= 11 is 0. The van der Waals surface area contributed by atoms with Crippen LogP contribution in [0.3, 0.4) is 0 Å². The van der Waals surface area contributed by atoms with Crippen molar-refractivity contribution in [2.24, 2.45) is 0 Å². The predicted octanol–water partition coefficient (Wildman–Crippen LogP) is 3.99. The first-order valence-electron chi connectivity index (χ1n) is 15.6. The third-order valence-electron chi connectivity index (χ3n) is 9.85. The van der Waals surface area contributed by atoms with E-state index >= 15 is 0 Å². The largest absolute Gasteiger partial charge is 1.00 e. The van der Waals surface area contributed by atoms with Crippen LogP contribution in [0.15, 0.2) is 103 Å². The monoisotopic (exact) mass is 562 g/mol. The average Bonchev–Trinajstić information content (AvgIpc) is 3.73. The summed E-state index contributed by atoms with van der Waals surface area (Å²) in [7, 11) is -2.01. The van der Waals surface area contributed by atoms with Gasteiger partial charge in [0.2, 0.25) is 0 Å². The molecule has 0 aromatic heterocycles. The molecule has 0 radical (unpaired) electrons. The molecule has 0 bridgehead atoms. The van der Waals surface area contributed by atoms with Gasteiger partial charge in [-0.15, -0.1) is 86.4 Å². The fraction of sp³-hybridized carbons (Fsp3) is 0.250. The Kier molecular flexibility index (Phi) is 9.54. The molecule has 1 aliphatic rings. The Hall–Kier alpha value is -2.49. The van der Waals surface area contributed by atoms with E-state index in [1.54, 1.807) is 32.5 Å². The number of aryl methyl sites for hydroxylation is 2. The molecule has 0 nitrogen and oxygen atoms in total. The van der Waals surface area contributed by atoms with Crippen LogP contribution in [0, 0.1) is 0 Å².